The molecule has 0 unspecified atom stereocenters. The molecule has 34 heavy (non-hydrogen) atoms. The molecule has 2 aliphatic rings. The van der Waals surface area contributed by atoms with Crippen molar-refractivity contribution in [3.63, 3.8) is 0 Å². The smallest absolute Gasteiger partial charge is 0.338 e. The van der Waals surface area contributed by atoms with Gasteiger partial charge in [0.15, 0.2) is 25.6 Å². The zero-order valence-electron chi connectivity index (χ0n) is 21.5. The predicted molar refractivity (Wildman–Crippen MR) is 143 cm³/mol. The summed E-state index contributed by atoms with van der Waals surface area (Å²) in [5, 5.41) is -0.0122. The average molecular weight is 601 g/mol. The molecular formula is C26H37IO6Si. The highest BCUT2D eigenvalue weighted by Gasteiger charge is 2.56. The van der Waals surface area contributed by atoms with Gasteiger partial charge in [0.05, 0.1) is 29.5 Å². The molecule has 3 rings (SSSR count). The van der Waals surface area contributed by atoms with Crippen LogP contribution in [0.2, 0.25) is 18.1 Å². The number of fused-ring (bicyclic) bond motifs is 1. The Balaban J connectivity index is 1.94. The number of hydrogen-bond acceptors (Lipinski definition) is 6. The molecule has 0 aliphatic heterocycles. The maximum atomic E-state index is 13.2. The molecule has 6 nitrogen and oxygen atoms in total. The van der Waals surface area contributed by atoms with Gasteiger partial charge in [-0.05, 0) is 78.2 Å². The number of carbonyl (C=O) groups excluding carboxylic acids is 2. The van der Waals surface area contributed by atoms with Gasteiger partial charge in [-0.1, -0.05) is 33.8 Å². The number of rotatable bonds is 6. The van der Waals surface area contributed by atoms with Gasteiger partial charge < -0.3 is 18.6 Å². The minimum atomic E-state index is -2.20. The molecule has 1 aromatic carbocycles. The lowest BCUT2D eigenvalue weighted by Gasteiger charge is -2.52. The van der Waals surface area contributed by atoms with E-state index >= 15 is 0 Å². The predicted octanol–water partition coefficient (Wildman–Crippen LogP) is 6.33. The second-order valence-corrected chi connectivity index (χ2v) is 17.0. The number of carbonyl (C=O) groups is 2. The fraction of sp³-hybridized carbons (Fsp3) is 0.615. The Morgan fingerprint density at radius 2 is 1.79 bits per heavy atom. The van der Waals surface area contributed by atoms with E-state index in [0.717, 1.165) is 10.0 Å². The topological polar surface area (TPSA) is 71.1 Å². The molecule has 0 spiro atoms. The van der Waals surface area contributed by atoms with E-state index in [1.165, 1.54) is 7.11 Å². The normalized spacial score (nSPS) is 27.5. The van der Waals surface area contributed by atoms with Crippen molar-refractivity contribution in [3.8, 4) is 11.5 Å². The van der Waals surface area contributed by atoms with E-state index in [9.17, 15) is 9.59 Å². The highest BCUT2D eigenvalue weighted by Crippen LogP contribution is 2.52. The largest absolute Gasteiger partial charge is 0.493 e. The molecule has 0 amide bonds. The van der Waals surface area contributed by atoms with Crippen LogP contribution in [0, 0.1) is 11.3 Å². The zero-order valence-corrected chi connectivity index (χ0v) is 24.6. The molecule has 2 aliphatic carbocycles. The Bertz CT molecular complexity index is 982. The summed E-state index contributed by atoms with van der Waals surface area (Å²) in [6, 6.07) is 5.01. The quantitative estimate of drug-likeness (QED) is 0.216. The molecule has 1 fully saturated rings. The Labute approximate surface area is 218 Å². The molecular weight excluding hydrogens is 563 g/mol. The Morgan fingerprint density at radius 1 is 1.15 bits per heavy atom. The third-order valence-corrected chi connectivity index (χ3v) is 13.3. The molecule has 0 aromatic heterocycles. The van der Waals surface area contributed by atoms with E-state index in [1.54, 1.807) is 25.3 Å². The third kappa shape index (κ3) is 5.09. The number of halogens is 1. The molecule has 8 heteroatoms. The summed E-state index contributed by atoms with van der Waals surface area (Å²) in [7, 11) is 0.888. The van der Waals surface area contributed by atoms with Crippen LogP contribution in [0.5, 0.6) is 11.5 Å². The highest BCUT2D eigenvalue weighted by atomic mass is 127. The van der Waals surface area contributed by atoms with Crippen molar-refractivity contribution in [2.75, 3.05) is 14.2 Å². The number of Topliss-reactive ketones (excluding diaryl/α,β-unsaturated/α-hetero) is 1. The lowest BCUT2D eigenvalue weighted by Crippen LogP contribution is -2.58. The van der Waals surface area contributed by atoms with Gasteiger partial charge in [-0.2, -0.15) is 0 Å². The van der Waals surface area contributed by atoms with Crippen molar-refractivity contribution in [1.82, 2.24) is 0 Å². The fourth-order valence-corrected chi connectivity index (χ4v) is 6.88. The Kier molecular flexibility index (Phi) is 7.94. The average Bonchev–Trinajstić information content (AvgIpc) is 2.77. The van der Waals surface area contributed by atoms with Crippen molar-refractivity contribution in [3.05, 3.63) is 33.4 Å². The maximum absolute atomic E-state index is 13.2. The van der Waals surface area contributed by atoms with Crippen LogP contribution in [0.1, 0.15) is 57.3 Å². The standard InChI is InChI=1S/C26H37IO6Si/c1-25(2,3)34(7,8)33-22-17-10-11-18(27)23(28)26(17,4)14-13-20(22)32-24(29)16-9-12-19(30-5)21(15-16)31-6/h9,11-12,15,17,20,22H,10,13-14H2,1-8H3/t17-,20+,22-,26+/m1/s1. The van der Waals surface area contributed by atoms with Crippen LogP contribution < -0.4 is 9.47 Å². The van der Waals surface area contributed by atoms with Crippen molar-refractivity contribution in [2.45, 2.75) is 77.3 Å². The molecule has 1 saturated carbocycles. The minimum Gasteiger partial charge on any atom is -0.493 e. The molecule has 0 saturated heterocycles. The number of ether oxygens (including phenoxy) is 3. The molecule has 1 aromatic rings. The summed E-state index contributed by atoms with van der Waals surface area (Å²) in [5.41, 5.74) is -0.115. The zero-order chi connectivity index (χ0) is 25.5. The van der Waals surface area contributed by atoms with E-state index in [2.05, 4.69) is 63.4 Å². The van der Waals surface area contributed by atoms with Crippen LogP contribution in [0.15, 0.2) is 27.9 Å². The number of benzene rings is 1. The fourth-order valence-electron chi connectivity index (χ4n) is 4.66. The third-order valence-electron chi connectivity index (χ3n) is 7.93. The molecule has 4 atom stereocenters. The molecule has 0 bridgehead atoms. The Morgan fingerprint density at radius 3 is 2.38 bits per heavy atom. The number of methoxy groups -OCH3 is 2. The van der Waals surface area contributed by atoms with E-state index in [4.69, 9.17) is 18.6 Å². The summed E-state index contributed by atoms with van der Waals surface area (Å²) in [6.45, 7) is 13.1. The highest BCUT2D eigenvalue weighted by molar-refractivity contribution is 14.1. The maximum Gasteiger partial charge on any atom is 0.338 e. The number of esters is 1. The summed E-state index contributed by atoms with van der Waals surface area (Å²) >= 11 is 2.15. The summed E-state index contributed by atoms with van der Waals surface area (Å²) in [5.74, 6) is 0.738. The molecule has 0 N–H and O–H groups in total. The first kappa shape index (κ1) is 27.2. The van der Waals surface area contributed by atoms with Gasteiger partial charge in [0.2, 0.25) is 0 Å². The number of ketones is 1. The Hall–Kier alpha value is -1.39. The van der Waals surface area contributed by atoms with Gasteiger partial charge in [-0.3, -0.25) is 4.79 Å². The van der Waals surface area contributed by atoms with Crippen LogP contribution in [0.25, 0.3) is 0 Å². The van der Waals surface area contributed by atoms with Gasteiger partial charge >= 0.3 is 5.97 Å². The van der Waals surface area contributed by atoms with E-state index in [1.807, 2.05) is 6.08 Å². The second kappa shape index (κ2) is 9.93. The summed E-state index contributed by atoms with van der Waals surface area (Å²) in [4.78, 5) is 26.4. The first-order valence-corrected chi connectivity index (χ1v) is 15.7. The number of hydrogen-bond donors (Lipinski definition) is 0. The lowest BCUT2D eigenvalue weighted by atomic mass is 9.60. The summed E-state index contributed by atoms with van der Waals surface area (Å²) < 4.78 is 24.5. The first-order chi connectivity index (χ1) is 15.7. The van der Waals surface area contributed by atoms with Crippen molar-refractivity contribution in [2.24, 2.45) is 11.3 Å². The van der Waals surface area contributed by atoms with Crippen LogP contribution in [0.3, 0.4) is 0 Å². The van der Waals surface area contributed by atoms with Gasteiger partial charge in [-0.15, -0.1) is 0 Å². The van der Waals surface area contributed by atoms with Gasteiger partial charge in [0.25, 0.3) is 0 Å². The summed E-state index contributed by atoms with van der Waals surface area (Å²) in [6.07, 6.45) is 3.23. The van der Waals surface area contributed by atoms with Crippen LogP contribution >= 0.6 is 22.6 Å². The van der Waals surface area contributed by atoms with E-state index in [-0.39, 0.29) is 22.8 Å². The SMILES string of the molecule is COc1ccc(C(=O)O[C@H]2CC[C@]3(C)C(=O)C(I)=CC[C@@H]3[C@H]2O[Si](C)(C)C(C)(C)C)cc1OC. The van der Waals surface area contributed by atoms with Crippen LogP contribution in [0.4, 0.5) is 0 Å². The molecule has 0 heterocycles. The van der Waals surface area contributed by atoms with Crippen molar-refractivity contribution in [1.29, 1.82) is 0 Å². The van der Waals surface area contributed by atoms with Crippen molar-refractivity contribution >= 4 is 42.7 Å². The van der Waals surface area contributed by atoms with E-state index in [0.29, 0.717) is 29.9 Å². The van der Waals surface area contributed by atoms with Crippen LogP contribution in [-0.2, 0) is 14.0 Å². The van der Waals surface area contributed by atoms with Crippen LogP contribution in [-0.4, -0.2) is 46.5 Å². The van der Waals surface area contributed by atoms with Gasteiger partial charge in [0.1, 0.15) is 6.10 Å². The molecule has 0 radical (unpaired) electrons. The van der Waals surface area contributed by atoms with Gasteiger partial charge in [0, 0.05) is 11.3 Å². The van der Waals surface area contributed by atoms with Gasteiger partial charge in [-0.25, -0.2) is 4.79 Å². The number of allylic oxidation sites excluding steroid dienone is 2. The van der Waals surface area contributed by atoms with E-state index < -0.39 is 25.8 Å². The van der Waals surface area contributed by atoms with Crippen molar-refractivity contribution < 1.29 is 28.2 Å². The first-order valence-electron chi connectivity index (χ1n) is 11.8. The minimum absolute atomic E-state index is 0.0122. The molecule has 188 valence electrons. The lowest BCUT2D eigenvalue weighted by molar-refractivity contribution is -0.142. The second-order valence-electron chi connectivity index (χ2n) is 11.0. The monoisotopic (exact) mass is 600 g/mol.